The van der Waals surface area contributed by atoms with Crippen molar-refractivity contribution in [2.75, 3.05) is 13.1 Å². The summed E-state index contributed by atoms with van der Waals surface area (Å²) in [6.45, 7) is 1.93. The molecule has 0 aromatic carbocycles. The lowest BCUT2D eigenvalue weighted by Gasteiger charge is -2.22. The summed E-state index contributed by atoms with van der Waals surface area (Å²) in [5.41, 5.74) is 2.88. The molecule has 5 rings (SSSR count). The van der Waals surface area contributed by atoms with Crippen LogP contribution in [0.5, 0.6) is 0 Å². The minimum Gasteiger partial charge on any atom is -0.317 e. The SMILES string of the molecule is Cn1cc(-c2cc3cc(CC(=O)c4cn(C5CCNCC5)nn4)ncc3cn2)cn1. The smallest absolute Gasteiger partial charge is 0.190 e. The van der Waals surface area contributed by atoms with E-state index in [1.807, 2.05) is 30.1 Å². The fraction of sp³-hybridized carbons (Fsp3) is 0.333. The van der Waals surface area contributed by atoms with Crippen LogP contribution >= 0.6 is 0 Å². The minimum atomic E-state index is -0.0800. The molecule has 9 nitrogen and oxygen atoms in total. The Labute approximate surface area is 173 Å². The van der Waals surface area contributed by atoms with E-state index >= 15 is 0 Å². The number of ketones is 1. The molecule has 1 aliphatic heterocycles. The van der Waals surface area contributed by atoms with Gasteiger partial charge in [-0.1, -0.05) is 5.21 Å². The van der Waals surface area contributed by atoms with Gasteiger partial charge >= 0.3 is 0 Å². The van der Waals surface area contributed by atoms with Gasteiger partial charge in [0.1, 0.15) is 5.69 Å². The fourth-order valence-corrected chi connectivity index (χ4v) is 3.80. The van der Waals surface area contributed by atoms with Crippen molar-refractivity contribution < 1.29 is 4.79 Å². The second-order valence-electron chi connectivity index (χ2n) is 7.66. The molecule has 1 saturated heterocycles. The van der Waals surface area contributed by atoms with Crippen LogP contribution in [0, 0.1) is 0 Å². The summed E-state index contributed by atoms with van der Waals surface area (Å²) in [6, 6.07) is 4.24. The molecule has 0 atom stereocenters. The summed E-state index contributed by atoms with van der Waals surface area (Å²) in [5.74, 6) is -0.0800. The number of fused-ring (bicyclic) bond motifs is 1. The van der Waals surface area contributed by atoms with Gasteiger partial charge in [0.05, 0.1) is 30.6 Å². The first-order chi connectivity index (χ1) is 14.7. The number of pyridine rings is 2. The zero-order valence-electron chi connectivity index (χ0n) is 16.7. The Morgan fingerprint density at radius 3 is 2.73 bits per heavy atom. The Morgan fingerprint density at radius 2 is 1.93 bits per heavy atom. The normalized spacial score (nSPS) is 15.0. The van der Waals surface area contributed by atoms with E-state index in [0.29, 0.717) is 17.4 Å². The van der Waals surface area contributed by atoms with E-state index in [0.717, 1.165) is 48.0 Å². The van der Waals surface area contributed by atoms with Crippen molar-refractivity contribution in [3.63, 3.8) is 0 Å². The van der Waals surface area contributed by atoms with Gasteiger partial charge in [0.2, 0.25) is 0 Å². The molecule has 0 bridgehead atoms. The maximum atomic E-state index is 12.7. The second-order valence-corrected chi connectivity index (χ2v) is 7.66. The lowest BCUT2D eigenvalue weighted by molar-refractivity contribution is 0.0987. The largest absolute Gasteiger partial charge is 0.317 e. The molecule has 0 unspecified atom stereocenters. The summed E-state index contributed by atoms with van der Waals surface area (Å²) < 4.78 is 3.57. The third-order valence-electron chi connectivity index (χ3n) is 5.48. The second kappa shape index (κ2) is 7.75. The lowest BCUT2D eigenvalue weighted by atomic mass is 10.1. The molecule has 9 heteroatoms. The summed E-state index contributed by atoms with van der Waals surface area (Å²) in [6.07, 6.45) is 11.2. The van der Waals surface area contributed by atoms with E-state index in [-0.39, 0.29) is 12.2 Å². The minimum absolute atomic E-state index is 0.0800. The summed E-state index contributed by atoms with van der Waals surface area (Å²) in [4.78, 5) is 21.7. The molecule has 0 spiro atoms. The van der Waals surface area contributed by atoms with Crippen molar-refractivity contribution in [1.82, 2.24) is 40.1 Å². The molecule has 0 radical (unpaired) electrons. The zero-order valence-corrected chi connectivity index (χ0v) is 16.7. The Kier molecular flexibility index (Phi) is 4.80. The predicted octanol–water partition coefficient (Wildman–Crippen LogP) is 1.97. The molecular weight excluding hydrogens is 380 g/mol. The van der Waals surface area contributed by atoms with Crippen LogP contribution in [0.1, 0.15) is 35.1 Å². The van der Waals surface area contributed by atoms with Crippen LogP contribution in [0.25, 0.3) is 22.0 Å². The van der Waals surface area contributed by atoms with Crippen molar-refractivity contribution in [2.24, 2.45) is 7.05 Å². The highest BCUT2D eigenvalue weighted by atomic mass is 16.1. The molecule has 152 valence electrons. The number of hydrogen-bond acceptors (Lipinski definition) is 7. The first kappa shape index (κ1) is 18.6. The molecule has 30 heavy (non-hydrogen) atoms. The standard InChI is InChI=1S/C21H22N8O/c1-28-12-16(11-25-28)19-7-14-6-17(23-9-15(14)10-24-19)8-21(30)20-13-29(27-26-20)18-2-4-22-5-3-18/h6-7,9-13,18,22H,2-5,8H2,1H3. The topological polar surface area (TPSA) is 103 Å². The Balaban J connectivity index is 1.35. The first-order valence-electron chi connectivity index (χ1n) is 10.1. The molecule has 0 amide bonds. The van der Waals surface area contributed by atoms with Crippen molar-refractivity contribution in [3.05, 3.63) is 54.5 Å². The Morgan fingerprint density at radius 1 is 1.10 bits per heavy atom. The van der Waals surface area contributed by atoms with Crippen LogP contribution in [-0.4, -0.2) is 53.6 Å². The number of nitrogens with zero attached hydrogens (tertiary/aromatic N) is 7. The number of carbonyl (C=O) groups is 1. The molecule has 0 saturated carbocycles. The molecule has 0 aliphatic carbocycles. The molecule has 4 aromatic heterocycles. The van der Waals surface area contributed by atoms with Crippen LogP contribution in [0.3, 0.4) is 0 Å². The highest BCUT2D eigenvalue weighted by molar-refractivity contribution is 5.95. The summed E-state index contributed by atoms with van der Waals surface area (Å²) in [5, 5.41) is 17.7. The van der Waals surface area contributed by atoms with Gasteiger partial charge in [0, 0.05) is 42.3 Å². The predicted molar refractivity (Wildman–Crippen MR) is 111 cm³/mol. The van der Waals surface area contributed by atoms with Crippen LogP contribution in [-0.2, 0) is 13.5 Å². The average molecular weight is 402 g/mol. The molecule has 1 fully saturated rings. The van der Waals surface area contributed by atoms with E-state index in [9.17, 15) is 4.79 Å². The maximum absolute atomic E-state index is 12.7. The van der Waals surface area contributed by atoms with Gasteiger partial charge in [-0.15, -0.1) is 5.10 Å². The van der Waals surface area contributed by atoms with Gasteiger partial charge in [-0.2, -0.15) is 5.10 Å². The third-order valence-corrected chi connectivity index (χ3v) is 5.48. The van der Waals surface area contributed by atoms with E-state index in [1.54, 1.807) is 29.5 Å². The molecule has 1 aliphatic rings. The zero-order chi connectivity index (χ0) is 20.5. The summed E-state index contributed by atoms with van der Waals surface area (Å²) in [7, 11) is 1.87. The monoisotopic (exact) mass is 402 g/mol. The number of aromatic nitrogens is 7. The lowest BCUT2D eigenvalue weighted by Crippen LogP contribution is -2.29. The van der Waals surface area contributed by atoms with Crippen molar-refractivity contribution >= 4 is 16.6 Å². The number of Topliss-reactive ketones (excluding diaryl/α,β-unsaturated/α-hetero) is 1. The van der Waals surface area contributed by atoms with Crippen LogP contribution < -0.4 is 5.32 Å². The maximum Gasteiger partial charge on any atom is 0.190 e. The number of carbonyl (C=O) groups excluding carboxylic acids is 1. The van der Waals surface area contributed by atoms with Gasteiger partial charge in [-0.25, -0.2) is 4.68 Å². The highest BCUT2D eigenvalue weighted by Crippen LogP contribution is 2.22. The van der Waals surface area contributed by atoms with E-state index < -0.39 is 0 Å². The number of nitrogens with one attached hydrogen (secondary N) is 1. The van der Waals surface area contributed by atoms with E-state index in [2.05, 4.69) is 30.7 Å². The average Bonchev–Trinajstić information content (AvgIpc) is 3.43. The number of piperidine rings is 1. The van der Waals surface area contributed by atoms with Crippen molar-refractivity contribution in [2.45, 2.75) is 25.3 Å². The van der Waals surface area contributed by atoms with Gasteiger partial charge in [0.25, 0.3) is 0 Å². The van der Waals surface area contributed by atoms with Crippen molar-refractivity contribution in [3.8, 4) is 11.3 Å². The number of rotatable bonds is 5. The molecule has 5 heterocycles. The van der Waals surface area contributed by atoms with E-state index in [1.165, 1.54) is 0 Å². The van der Waals surface area contributed by atoms with Gasteiger partial charge in [-0.3, -0.25) is 19.4 Å². The van der Waals surface area contributed by atoms with Crippen LogP contribution in [0.15, 0.2) is 43.1 Å². The van der Waals surface area contributed by atoms with Gasteiger partial charge in [0.15, 0.2) is 5.78 Å². The molecular formula is C21H22N8O. The van der Waals surface area contributed by atoms with Gasteiger partial charge in [-0.05, 0) is 43.5 Å². The highest BCUT2D eigenvalue weighted by Gasteiger charge is 2.19. The van der Waals surface area contributed by atoms with Gasteiger partial charge < -0.3 is 5.32 Å². The van der Waals surface area contributed by atoms with E-state index in [4.69, 9.17) is 0 Å². The Hall–Kier alpha value is -3.46. The number of hydrogen-bond donors (Lipinski definition) is 1. The summed E-state index contributed by atoms with van der Waals surface area (Å²) >= 11 is 0. The van der Waals surface area contributed by atoms with Crippen molar-refractivity contribution in [1.29, 1.82) is 0 Å². The fourth-order valence-electron chi connectivity index (χ4n) is 3.80. The third kappa shape index (κ3) is 3.71. The van der Waals surface area contributed by atoms with Crippen LogP contribution in [0.4, 0.5) is 0 Å². The number of aryl methyl sites for hydroxylation is 1. The Bertz CT molecular complexity index is 1200. The quantitative estimate of drug-likeness (QED) is 0.509. The van der Waals surface area contributed by atoms with Crippen LogP contribution in [0.2, 0.25) is 0 Å². The molecule has 4 aromatic rings. The first-order valence-corrected chi connectivity index (χ1v) is 10.1. The molecule has 1 N–H and O–H groups in total.